The smallest absolute Gasteiger partial charge is 0.120 e. The summed E-state index contributed by atoms with van der Waals surface area (Å²) in [6.07, 6.45) is 0.183. The number of benzene rings is 1. The molecule has 0 saturated heterocycles. The molecule has 1 N–H and O–H groups in total. The molecule has 1 heterocycles. The highest BCUT2D eigenvalue weighted by Gasteiger charge is 2.17. The fourth-order valence-corrected chi connectivity index (χ4v) is 4.33. The minimum Gasteiger partial charge on any atom is -0.491 e. The molecule has 0 radical (unpaired) electrons. The lowest BCUT2D eigenvalue weighted by Crippen LogP contribution is -2.21. The number of rotatable bonds is 6. The SMILES string of the molecule is CCNC(c1cccc(OC(C)C)c1)c1cc(Br)c(Br)s1. The fraction of sp³-hybridized carbons (Fsp3) is 0.375. The first kappa shape index (κ1) is 17.0. The molecule has 114 valence electrons. The Labute approximate surface area is 147 Å². The summed E-state index contributed by atoms with van der Waals surface area (Å²) in [4.78, 5) is 1.28. The molecule has 0 bridgehead atoms. The molecular formula is C16H19Br2NOS. The van der Waals surface area contributed by atoms with Crippen LogP contribution in [0.15, 0.2) is 38.6 Å². The quantitative estimate of drug-likeness (QED) is 0.626. The Balaban J connectivity index is 2.33. The van der Waals surface area contributed by atoms with Gasteiger partial charge in [-0.15, -0.1) is 11.3 Å². The van der Waals surface area contributed by atoms with Crippen molar-refractivity contribution in [3.05, 3.63) is 49.0 Å². The van der Waals surface area contributed by atoms with Crippen LogP contribution < -0.4 is 10.1 Å². The van der Waals surface area contributed by atoms with E-state index in [-0.39, 0.29) is 12.1 Å². The average molecular weight is 433 g/mol. The Morgan fingerprint density at radius 2 is 2.00 bits per heavy atom. The summed E-state index contributed by atoms with van der Waals surface area (Å²) in [7, 11) is 0. The molecule has 2 nitrogen and oxygen atoms in total. The number of nitrogens with one attached hydrogen (secondary N) is 1. The second-order valence-electron chi connectivity index (χ2n) is 5.00. The Morgan fingerprint density at radius 1 is 1.24 bits per heavy atom. The van der Waals surface area contributed by atoms with Crippen LogP contribution in [0.25, 0.3) is 0 Å². The molecule has 21 heavy (non-hydrogen) atoms. The molecule has 0 saturated carbocycles. The van der Waals surface area contributed by atoms with Gasteiger partial charge in [-0.3, -0.25) is 0 Å². The van der Waals surface area contributed by atoms with Crippen molar-refractivity contribution in [3.63, 3.8) is 0 Å². The van der Waals surface area contributed by atoms with Crippen LogP contribution in [0.2, 0.25) is 0 Å². The Kier molecular flexibility index (Phi) is 6.29. The van der Waals surface area contributed by atoms with Crippen LogP contribution in [0.4, 0.5) is 0 Å². The summed E-state index contributed by atoms with van der Waals surface area (Å²) in [6, 6.07) is 10.7. The van der Waals surface area contributed by atoms with Crippen LogP contribution in [-0.4, -0.2) is 12.6 Å². The first-order chi connectivity index (χ1) is 10.0. The summed E-state index contributed by atoms with van der Waals surface area (Å²) < 4.78 is 8.02. The summed E-state index contributed by atoms with van der Waals surface area (Å²) in [5, 5.41) is 3.55. The summed E-state index contributed by atoms with van der Waals surface area (Å²) in [6.45, 7) is 7.12. The maximum atomic E-state index is 5.81. The molecule has 2 aromatic rings. The second kappa shape index (κ2) is 7.77. The highest BCUT2D eigenvalue weighted by atomic mass is 79.9. The molecule has 0 spiro atoms. The second-order valence-corrected chi connectivity index (χ2v) is 8.26. The Bertz CT molecular complexity index is 578. The molecule has 0 aliphatic carbocycles. The minimum absolute atomic E-state index is 0.179. The first-order valence-corrected chi connectivity index (χ1v) is 9.36. The van der Waals surface area contributed by atoms with Crippen molar-refractivity contribution in [1.82, 2.24) is 5.32 Å². The molecule has 1 aromatic heterocycles. The first-order valence-electron chi connectivity index (χ1n) is 6.96. The number of hydrogen-bond donors (Lipinski definition) is 1. The van der Waals surface area contributed by atoms with Crippen molar-refractivity contribution in [1.29, 1.82) is 0 Å². The van der Waals surface area contributed by atoms with Gasteiger partial charge in [-0.1, -0.05) is 19.1 Å². The molecule has 2 rings (SSSR count). The molecule has 1 aromatic carbocycles. The van der Waals surface area contributed by atoms with Gasteiger partial charge in [-0.05, 0) is 76.0 Å². The van der Waals surface area contributed by atoms with Gasteiger partial charge in [-0.25, -0.2) is 0 Å². The van der Waals surface area contributed by atoms with Gasteiger partial charge in [-0.2, -0.15) is 0 Å². The van der Waals surface area contributed by atoms with Crippen LogP contribution >= 0.6 is 43.2 Å². The third kappa shape index (κ3) is 4.55. The van der Waals surface area contributed by atoms with Crippen LogP contribution in [-0.2, 0) is 0 Å². The average Bonchev–Trinajstić information content (AvgIpc) is 2.75. The van der Waals surface area contributed by atoms with E-state index in [2.05, 4.69) is 68.4 Å². The van der Waals surface area contributed by atoms with Crippen LogP contribution in [0, 0.1) is 0 Å². The van der Waals surface area contributed by atoms with Crippen molar-refractivity contribution in [2.45, 2.75) is 32.9 Å². The predicted octanol–water partition coefficient (Wildman–Crippen LogP) is 5.76. The van der Waals surface area contributed by atoms with Gasteiger partial charge >= 0.3 is 0 Å². The van der Waals surface area contributed by atoms with Gasteiger partial charge in [0.05, 0.1) is 15.9 Å². The van der Waals surface area contributed by atoms with E-state index >= 15 is 0 Å². The van der Waals surface area contributed by atoms with E-state index in [4.69, 9.17) is 4.74 Å². The van der Waals surface area contributed by atoms with Gasteiger partial charge < -0.3 is 10.1 Å². The summed E-state index contributed by atoms with van der Waals surface area (Å²) >= 11 is 8.88. The van der Waals surface area contributed by atoms with Gasteiger partial charge in [0.2, 0.25) is 0 Å². The molecule has 0 aliphatic rings. The van der Waals surface area contributed by atoms with E-state index in [1.165, 1.54) is 10.4 Å². The maximum absolute atomic E-state index is 5.81. The van der Waals surface area contributed by atoms with Gasteiger partial charge in [0.25, 0.3) is 0 Å². The van der Waals surface area contributed by atoms with Gasteiger partial charge in [0, 0.05) is 9.35 Å². The van der Waals surface area contributed by atoms with Crippen LogP contribution in [0.5, 0.6) is 5.75 Å². The van der Waals surface area contributed by atoms with E-state index in [0.29, 0.717) is 0 Å². The molecule has 0 amide bonds. The van der Waals surface area contributed by atoms with Crippen molar-refractivity contribution < 1.29 is 4.74 Å². The zero-order valence-electron chi connectivity index (χ0n) is 12.3. The van der Waals surface area contributed by atoms with Crippen molar-refractivity contribution in [2.75, 3.05) is 6.54 Å². The standard InChI is InChI=1S/C16H19Br2NOS/c1-4-19-15(14-9-13(17)16(18)21-14)11-6-5-7-12(8-11)20-10(2)3/h5-10,15,19H,4H2,1-3H3. The molecule has 1 unspecified atom stereocenters. The molecule has 0 fully saturated rings. The summed E-state index contributed by atoms with van der Waals surface area (Å²) in [5.41, 5.74) is 1.22. The normalized spacial score (nSPS) is 12.7. The number of ether oxygens (including phenoxy) is 1. The van der Waals surface area contributed by atoms with Gasteiger partial charge in [0.1, 0.15) is 5.75 Å². The van der Waals surface area contributed by atoms with Crippen LogP contribution in [0.1, 0.15) is 37.3 Å². The lowest BCUT2D eigenvalue weighted by molar-refractivity contribution is 0.242. The number of halogens is 2. The van der Waals surface area contributed by atoms with E-state index in [1.54, 1.807) is 11.3 Å². The van der Waals surface area contributed by atoms with Crippen molar-refractivity contribution >= 4 is 43.2 Å². The van der Waals surface area contributed by atoms with E-state index in [1.807, 2.05) is 19.9 Å². The minimum atomic E-state index is 0.179. The summed E-state index contributed by atoms with van der Waals surface area (Å²) in [5.74, 6) is 0.917. The predicted molar refractivity (Wildman–Crippen MR) is 97.4 cm³/mol. The number of hydrogen-bond acceptors (Lipinski definition) is 3. The lowest BCUT2D eigenvalue weighted by atomic mass is 10.0. The Morgan fingerprint density at radius 3 is 2.57 bits per heavy atom. The Hall–Kier alpha value is -0.360. The highest BCUT2D eigenvalue weighted by Crippen LogP contribution is 2.38. The van der Waals surface area contributed by atoms with E-state index < -0.39 is 0 Å². The molecule has 1 atom stereocenters. The zero-order chi connectivity index (χ0) is 15.4. The monoisotopic (exact) mass is 431 g/mol. The third-order valence-electron chi connectivity index (χ3n) is 2.92. The van der Waals surface area contributed by atoms with E-state index in [9.17, 15) is 0 Å². The maximum Gasteiger partial charge on any atom is 0.120 e. The molecule has 5 heteroatoms. The van der Waals surface area contributed by atoms with Crippen LogP contribution in [0.3, 0.4) is 0 Å². The number of thiophene rings is 1. The molecule has 0 aliphatic heterocycles. The molecular weight excluding hydrogens is 414 g/mol. The van der Waals surface area contributed by atoms with E-state index in [0.717, 1.165) is 20.6 Å². The third-order valence-corrected chi connectivity index (χ3v) is 6.24. The van der Waals surface area contributed by atoms with Gasteiger partial charge in [0.15, 0.2) is 0 Å². The lowest BCUT2D eigenvalue weighted by Gasteiger charge is -2.18. The van der Waals surface area contributed by atoms with Crippen molar-refractivity contribution in [2.24, 2.45) is 0 Å². The van der Waals surface area contributed by atoms with Crippen molar-refractivity contribution in [3.8, 4) is 5.75 Å². The largest absolute Gasteiger partial charge is 0.491 e. The highest BCUT2D eigenvalue weighted by molar-refractivity contribution is 9.13. The topological polar surface area (TPSA) is 21.3 Å². The fourth-order valence-electron chi connectivity index (χ4n) is 2.13. The zero-order valence-corrected chi connectivity index (χ0v) is 16.3.